The van der Waals surface area contributed by atoms with E-state index in [1.54, 1.807) is 36.4 Å². The van der Waals surface area contributed by atoms with Crippen molar-refractivity contribution in [2.45, 2.75) is 6.92 Å². The van der Waals surface area contributed by atoms with E-state index in [-0.39, 0.29) is 17.4 Å². The van der Waals surface area contributed by atoms with Crippen molar-refractivity contribution >= 4 is 39.4 Å². The molecule has 0 saturated carbocycles. The van der Waals surface area contributed by atoms with E-state index < -0.39 is 0 Å². The molecule has 6 heteroatoms. The maximum atomic E-state index is 12.3. The zero-order chi connectivity index (χ0) is 17.7. The molecule has 0 aliphatic rings. The molecule has 0 unspecified atom stereocenters. The zero-order valence-electron chi connectivity index (χ0n) is 13.2. The van der Waals surface area contributed by atoms with Crippen LogP contribution in [0.2, 0.25) is 0 Å². The Morgan fingerprint density at radius 1 is 1.25 bits per heavy atom. The molecule has 24 heavy (non-hydrogen) atoms. The monoisotopic (exact) mass is 389 g/mol. The summed E-state index contributed by atoms with van der Waals surface area (Å²) in [5.74, 6) is -0.0785. The molecule has 0 aromatic heterocycles. The van der Waals surface area contributed by atoms with Crippen molar-refractivity contribution < 1.29 is 19.4 Å². The second-order valence-corrected chi connectivity index (χ2v) is 5.86. The Bertz CT molecular complexity index is 815. The molecular formula is C18H16BrNO4. The second-order valence-electron chi connectivity index (χ2n) is 5.01. The molecule has 2 N–H and O–H groups in total. The molecule has 0 radical (unpaired) electrons. The van der Waals surface area contributed by atoms with Crippen LogP contribution in [0.15, 0.2) is 46.9 Å². The van der Waals surface area contributed by atoms with Gasteiger partial charge in [-0.1, -0.05) is 28.1 Å². The van der Waals surface area contributed by atoms with Crippen molar-refractivity contribution in [2.75, 3.05) is 12.4 Å². The van der Waals surface area contributed by atoms with Crippen LogP contribution in [0.4, 0.5) is 5.69 Å². The minimum absolute atomic E-state index is 0.0101. The van der Waals surface area contributed by atoms with Gasteiger partial charge in [-0.3, -0.25) is 9.59 Å². The molecule has 0 bridgehead atoms. The van der Waals surface area contributed by atoms with E-state index in [0.29, 0.717) is 27.0 Å². The van der Waals surface area contributed by atoms with Crippen LogP contribution in [0.1, 0.15) is 22.8 Å². The number of ketones is 1. The Kier molecular flexibility index (Phi) is 5.76. The van der Waals surface area contributed by atoms with Crippen LogP contribution in [0, 0.1) is 0 Å². The Hall–Kier alpha value is -2.60. The molecule has 2 rings (SSSR count). The first-order valence-electron chi connectivity index (χ1n) is 7.07. The number of phenolic OH excluding ortho intramolecular Hbond substituents is 1. The van der Waals surface area contributed by atoms with Crippen molar-refractivity contribution in [2.24, 2.45) is 0 Å². The summed E-state index contributed by atoms with van der Waals surface area (Å²) in [5.41, 5.74) is 1.71. The lowest BCUT2D eigenvalue weighted by Gasteiger charge is -2.06. The smallest absolute Gasteiger partial charge is 0.221 e. The molecule has 1 amide bonds. The van der Waals surface area contributed by atoms with Crippen molar-refractivity contribution in [3.05, 3.63) is 58.1 Å². The lowest BCUT2D eigenvalue weighted by molar-refractivity contribution is -0.114. The highest BCUT2D eigenvalue weighted by Gasteiger charge is 2.08. The maximum Gasteiger partial charge on any atom is 0.221 e. The fraction of sp³-hybridized carbons (Fsp3) is 0.111. The summed E-state index contributed by atoms with van der Waals surface area (Å²) >= 11 is 3.33. The number of rotatable bonds is 5. The number of anilines is 1. The number of amides is 1. The molecule has 0 saturated heterocycles. The predicted octanol–water partition coefficient (Wildman–Crippen LogP) is 4.02. The average molecular weight is 390 g/mol. The Morgan fingerprint density at radius 3 is 2.67 bits per heavy atom. The molecule has 124 valence electrons. The van der Waals surface area contributed by atoms with Gasteiger partial charge in [0.1, 0.15) is 0 Å². The van der Waals surface area contributed by atoms with Crippen LogP contribution in [-0.4, -0.2) is 23.9 Å². The van der Waals surface area contributed by atoms with Gasteiger partial charge in [-0.15, -0.1) is 0 Å². The van der Waals surface area contributed by atoms with Crippen LogP contribution >= 0.6 is 15.9 Å². The molecule has 0 spiro atoms. The number of benzene rings is 2. The van der Waals surface area contributed by atoms with Gasteiger partial charge in [-0.2, -0.15) is 0 Å². The summed E-state index contributed by atoms with van der Waals surface area (Å²) in [6, 6.07) is 9.82. The van der Waals surface area contributed by atoms with Crippen LogP contribution < -0.4 is 10.1 Å². The molecule has 5 nitrogen and oxygen atoms in total. The largest absolute Gasteiger partial charge is 0.504 e. The van der Waals surface area contributed by atoms with Crippen LogP contribution in [0.25, 0.3) is 6.08 Å². The first kappa shape index (κ1) is 17.7. The highest BCUT2D eigenvalue weighted by Crippen LogP contribution is 2.33. The number of nitrogens with one attached hydrogen (secondary N) is 1. The van der Waals surface area contributed by atoms with E-state index in [4.69, 9.17) is 4.74 Å². The summed E-state index contributed by atoms with van der Waals surface area (Å²) in [7, 11) is 1.45. The molecule has 0 atom stereocenters. The fourth-order valence-electron chi connectivity index (χ4n) is 2.07. The zero-order valence-corrected chi connectivity index (χ0v) is 14.8. The van der Waals surface area contributed by atoms with Crippen LogP contribution in [-0.2, 0) is 4.79 Å². The molecule has 2 aromatic rings. The highest BCUT2D eigenvalue weighted by atomic mass is 79.9. The fourth-order valence-corrected chi connectivity index (χ4v) is 2.53. The van der Waals surface area contributed by atoms with Gasteiger partial charge in [-0.25, -0.2) is 0 Å². The van der Waals surface area contributed by atoms with E-state index in [0.717, 1.165) is 0 Å². The SMILES string of the molecule is COc1cc(/C=C/C(=O)c2cccc(NC(C)=O)c2)c(Br)cc1O. The number of hydrogen-bond donors (Lipinski definition) is 2. The maximum absolute atomic E-state index is 12.3. The third-order valence-electron chi connectivity index (χ3n) is 3.18. The predicted molar refractivity (Wildman–Crippen MR) is 96.5 cm³/mol. The standard InChI is InChI=1S/C18H16BrNO4/c1-11(21)20-14-5-3-4-13(8-14)16(22)7-6-12-9-18(24-2)17(23)10-15(12)19/h3-10,23H,1-2H3,(H,20,21)/b7-6+. The van der Waals surface area contributed by atoms with Crippen molar-refractivity contribution in [3.63, 3.8) is 0 Å². The Balaban J connectivity index is 2.23. The Labute approximate surface area is 148 Å². The van der Waals surface area contributed by atoms with E-state index in [1.807, 2.05) is 0 Å². The van der Waals surface area contributed by atoms with E-state index in [1.165, 1.54) is 26.2 Å². The van der Waals surface area contributed by atoms with E-state index in [9.17, 15) is 14.7 Å². The lowest BCUT2D eigenvalue weighted by atomic mass is 10.1. The first-order valence-corrected chi connectivity index (χ1v) is 7.86. The van der Waals surface area contributed by atoms with Gasteiger partial charge in [0.25, 0.3) is 0 Å². The van der Waals surface area contributed by atoms with Gasteiger partial charge in [0.15, 0.2) is 17.3 Å². The normalized spacial score (nSPS) is 10.6. The Morgan fingerprint density at radius 2 is 2.00 bits per heavy atom. The van der Waals surface area contributed by atoms with Crippen molar-refractivity contribution in [1.29, 1.82) is 0 Å². The quantitative estimate of drug-likeness (QED) is 0.598. The highest BCUT2D eigenvalue weighted by molar-refractivity contribution is 9.10. The molecule has 0 heterocycles. The van der Waals surface area contributed by atoms with E-state index >= 15 is 0 Å². The number of carbonyl (C=O) groups excluding carboxylic acids is 2. The summed E-state index contributed by atoms with van der Waals surface area (Å²) in [4.78, 5) is 23.4. The number of halogens is 1. The van der Waals surface area contributed by atoms with Gasteiger partial charge >= 0.3 is 0 Å². The first-order chi connectivity index (χ1) is 11.4. The lowest BCUT2D eigenvalue weighted by Crippen LogP contribution is -2.06. The minimum Gasteiger partial charge on any atom is -0.504 e. The molecule has 0 aliphatic carbocycles. The number of allylic oxidation sites excluding steroid dienone is 1. The summed E-state index contributed by atoms with van der Waals surface area (Å²) in [6.07, 6.45) is 3.04. The molecular weight excluding hydrogens is 374 g/mol. The third kappa shape index (κ3) is 4.45. The number of methoxy groups -OCH3 is 1. The minimum atomic E-state index is -0.207. The van der Waals surface area contributed by atoms with Gasteiger partial charge < -0.3 is 15.2 Å². The van der Waals surface area contributed by atoms with Crippen LogP contribution in [0.3, 0.4) is 0 Å². The second kappa shape index (κ2) is 7.79. The topological polar surface area (TPSA) is 75.6 Å². The van der Waals surface area contributed by atoms with E-state index in [2.05, 4.69) is 21.2 Å². The van der Waals surface area contributed by atoms with Crippen molar-refractivity contribution in [1.82, 2.24) is 0 Å². The van der Waals surface area contributed by atoms with Crippen LogP contribution in [0.5, 0.6) is 11.5 Å². The number of carbonyl (C=O) groups is 2. The third-order valence-corrected chi connectivity index (χ3v) is 3.87. The number of hydrogen-bond acceptors (Lipinski definition) is 4. The van der Waals surface area contributed by atoms with Gasteiger partial charge in [0, 0.05) is 22.6 Å². The molecule has 0 fully saturated rings. The van der Waals surface area contributed by atoms with Gasteiger partial charge in [0.2, 0.25) is 5.91 Å². The van der Waals surface area contributed by atoms with Gasteiger partial charge in [0.05, 0.1) is 7.11 Å². The molecule has 2 aromatic carbocycles. The average Bonchev–Trinajstić information content (AvgIpc) is 2.53. The number of aromatic hydroxyl groups is 1. The van der Waals surface area contributed by atoms with Gasteiger partial charge in [-0.05, 0) is 42.0 Å². The van der Waals surface area contributed by atoms with Crippen molar-refractivity contribution in [3.8, 4) is 11.5 Å². The number of phenols is 1. The summed E-state index contributed by atoms with van der Waals surface area (Å²) < 4.78 is 5.69. The number of ether oxygens (including phenoxy) is 1. The summed E-state index contributed by atoms with van der Waals surface area (Å²) in [5, 5.41) is 12.3. The molecule has 0 aliphatic heterocycles. The summed E-state index contributed by atoms with van der Waals surface area (Å²) in [6.45, 7) is 1.41.